The molecule has 0 radical (unpaired) electrons. The van der Waals surface area contributed by atoms with E-state index in [9.17, 15) is 13.2 Å². The van der Waals surface area contributed by atoms with Crippen molar-refractivity contribution in [2.45, 2.75) is 4.21 Å². The first kappa shape index (κ1) is 16.3. The molecule has 0 aliphatic carbocycles. The molecule has 0 aliphatic heterocycles. The van der Waals surface area contributed by atoms with E-state index >= 15 is 0 Å². The molecule has 0 atom stereocenters. The predicted octanol–water partition coefficient (Wildman–Crippen LogP) is 3.44. The van der Waals surface area contributed by atoms with Crippen molar-refractivity contribution in [3.05, 3.63) is 45.2 Å². The Morgan fingerprint density at radius 3 is 2.62 bits per heavy atom. The normalized spacial score (nSPS) is 11.3. The summed E-state index contributed by atoms with van der Waals surface area (Å²) in [6.07, 6.45) is 0. The number of hydrogen-bond donors (Lipinski definition) is 1. The van der Waals surface area contributed by atoms with Gasteiger partial charge in [-0.2, -0.15) is 0 Å². The number of nitrogens with zero attached hydrogens (tertiary/aromatic N) is 1. The smallest absolute Gasteiger partial charge is 0.324 e. The van der Waals surface area contributed by atoms with Gasteiger partial charge in [0.2, 0.25) is 0 Å². The molecule has 0 saturated carbocycles. The third-order valence-corrected chi connectivity index (χ3v) is 7.14. The number of carbonyl (C=O) groups is 1. The van der Waals surface area contributed by atoms with Crippen LogP contribution in [0.1, 0.15) is 0 Å². The van der Waals surface area contributed by atoms with E-state index in [1.807, 2.05) is 0 Å². The van der Waals surface area contributed by atoms with E-state index in [1.165, 1.54) is 12.1 Å². The van der Waals surface area contributed by atoms with E-state index < -0.39 is 22.5 Å². The van der Waals surface area contributed by atoms with Crippen LogP contribution in [0.5, 0.6) is 0 Å². The van der Waals surface area contributed by atoms with Crippen LogP contribution in [0, 0.1) is 0 Å². The molecule has 1 aromatic carbocycles. The minimum Gasteiger partial charge on any atom is -0.480 e. The Morgan fingerprint density at radius 2 is 2.10 bits per heavy atom. The first-order chi connectivity index (χ1) is 9.82. The minimum atomic E-state index is -3.99. The maximum atomic E-state index is 12.7. The molecular weight excluding hydrogens is 402 g/mol. The summed E-state index contributed by atoms with van der Waals surface area (Å²) in [6, 6.07) is 7.63. The molecule has 21 heavy (non-hydrogen) atoms. The zero-order valence-corrected chi connectivity index (χ0v) is 14.3. The van der Waals surface area contributed by atoms with Gasteiger partial charge >= 0.3 is 5.97 Å². The highest BCUT2D eigenvalue weighted by molar-refractivity contribution is 9.10. The van der Waals surface area contributed by atoms with Crippen LogP contribution >= 0.6 is 38.9 Å². The van der Waals surface area contributed by atoms with Gasteiger partial charge in [-0.05, 0) is 45.6 Å². The Hall–Kier alpha value is -1.09. The van der Waals surface area contributed by atoms with Gasteiger partial charge in [0.15, 0.2) is 4.21 Å². The molecule has 2 rings (SSSR count). The number of hydrogen-bond acceptors (Lipinski definition) is 4. The summed E-state index contributed by atoms with van der Waals surface area (Å²) in [5.74, 6) is -1.26. The summed E-state index contributed by atoms with van der Waals surface area (Å²) in [7, 11) is -3.99. The molecule has 2 aromatic rings. The number of anilines is 1. The summed E-state index contributed by atoms with van der Waals surface area (Å²) in [5, 5.41) is 10.9. The predicted molar refractivity (Wildman–Crippen MR) is 85.6 cm³/mol. The monoisotopic (exact) mass is 409 g/mol. The van der Waals surface area contributed by atoms with E-state index in [4.69, 9.17) is 16.7 Å². The van der Waals surface area contributed by atoms with Crippen LogP contribution in [0.4, 0.5) is 5.69 Å². The van der Waals surface area contributed by atoms with Crippen molar-refractivity contribution in [2.24, 2.45) is 0 Å². The lowest BCUT2D eigenvalue weighted by Crippen LogP contribution is -2.35. The Kier molecular flexibility index (Phi) is 4.92. The number of benzene rings is 1. The Morgan fingerprint density at radius 1 is 1.38 bits per heavy atom. The number of halogens is 2. The number of thiophene rings is 1. The molecule has 112 valence electrons. The third-order valence-electron chi connectivity index (χ3n) is 2.48. The van der Waals surface area contributed by atoms with Crippen LogP contribution in [-0.2, 0) is 14.8 Å². The largest absolute Gasteiger partial charge is 0.480 e. The molecule has 1 N–H and O–H groups in total. The Labute approximate surface area is 139 Å². The summed E-state index contributed by atoms with van der Waals surface area (Å²) in [4.78, 5) is 11.0. The zero-order chi connectivity index (χ0) is 15.6. The quantitative estimate of drug-likeness (QED) is 0.819. The lowest BCUT2D eigenvalue weighted by molar-refractivity contribution is -0.135. The van der Waals surface area contributed by atoms with Gasteiger partial charge in [0.05, 0.1) is 5.69 Å². The summed E-state index contributed by atoms with van der Waals surface area (Å²) in [6.45, 7) is -0.687. The van der Waals surface area contributed by atoms with Crippen LogP contribution in [-0.4, -0.2) is 26.0 Å². The first-order valence-corrected chi connectivity index (χ1v) is 9.04. The Balaban J connectivity index is 2.56. The third kappa shape index (κ3) is 3.57. The Bertz CT molecular complexity index is 775. The SMILES string of the molecule is O=C(O)CN(c1cccc(Cl)c1)S(=O)(=O)c1sccc1Br. The molecule has 9 heteroatoms. The highest BCUT2D eigenvalue weighted by Gasteiger charge is 2.30. The molecular formula is C12H9BrClNO4S2. The van der Waals surface area contributed by atoms with Crippen LogP contribution in [0.25, 0.3) is 0 Å². The lowest BCUT2D eigenvalue weighted by Gasteiger charge is -2.22. The average Bonchev–Trinajstić information content (AvgIpc) is 2.82. The number of carboxylic acid groups (broad SMARTS) is 1. The maximum absolute atomic E-state index is 12.7. The van der Waals surface area contributed by atoms with E-state index in [-0.39, 0.29) is 9.90 Å². The van der Waals surface area contributed by atoms with Crippen molar-refractivity contribution < 1.29 is 18.3 Å². The van der Waals surface area contributed by atoms with E-state index in [0.717, 1.165) is 15.6 Å². The van der Waals surface area contributed by atoms with Gasteiger partial charge in [0.1, 0.15) is 6.54 Å². The lowest BCUT2D eigenvalue weighted by atomic mass is 10.3. The van der Waals surface area contributed by atoms with Crippen molar-refractivity contribution in [2.75, 3.05) is 10.8 Å². The second kappa shape index (κ2) is 6.35. The molecule has 5 nitrogen and oxygen atoms in total. The van der Waals surface area contributed by atoms with Crippen LogP contribution in [0.15, 0.2) is 44.4 Å². The van der Waals surface area contributed by atoms with Gasteiger partial charge < -0.3 is 5.11 Å². The van der Waals surface area contributed by atoms with Crippen molar-refractivity contribution in [3.8, 4) is 0 Å². The summed E-state index contributed by atoms with van der Waals surface area (Å²) < 4.78 is 26.6. The summed E-state index contributed by atoms with van der Waals surface area (Å²) >= 11 is 10.0. The minimum absolute atomic E-state index is 0.0451. The maximum Gasteiger partial charge on any atom is 0.324 e. The van der Waals surface area contributed by atoms with Gasteiger partial charge in [0.25, 0.3) is 10.0 Å². The number of rotatable bonds is 5. The molecule has 0 aliphatic rings. The molecule has 1 aromatic heterocycles. The zero-order valence-electron chi connectivity index (χ0n) is 10.4. The fraction of sp³-hybridized carbons (Fsp3) is 0.0833. The summed E-state index contributed by atoms with van der Waals surface area (Å²) in [5.41, 5.74) is 0.199. The number of sulfonamides is 1. The molecule has 0 unspecified atom stereocenters. The standard InChI is InChI=1S/C12H9BrClNO4S2/c13-10-4-5-20-12(10)21(18,19)15(7-11(16)17)9-3-1-2-8(14)6-9/h1-6H,7H2,(H,16,17). The number of carboxylic acids is 1. The molecule has 1 heterocycles. The van der Waals surface area contributed by atoms with Crippen molar-refractivity contribution in [3.63, 3.8) is 0 Å². The van der Waals surface area contributed by atoms with E-state index in [1.54, 1.807) is 23.6 Å². The van der Waals surface area contributed by atoms with Gasteiger partial charge in [-0.15, -0.1) is 11.3 Å². The van der Waals surface area contributed by atoms with Crippen molar-refractivity contribution >= 4 is 60.5 Å². The highest BCUT2D eigenvalue weighted by Crippen LogP contribution is 2.33. The van der Waals surface area contributed by atoms with E-state index in [2.05, 4.69) is 15.9 Å². The molecule has 0 bridgehead atoms. The molecule has 0 saturated heterocycles. The van der Waals surface area contributed by atoms with Crippen molar-refractivity contribution in [1.29, 1.82) is 0 Å². The molecule has 0 spiro atoms. The van der Waals surface area contributed by atoms with Gasteiger partial charge in [-0.1, -0.05) is 17.7 Å². The number of aliphatic carboxylic acids is 1. The second-order valence-corrected chi connectivity index (χ2v) is 8.21. The fourth-order valence-electron chi connectivity index (χ4n) is 1.63. The van der Waals surface area contributed by atoms with Gasteiger partial charge in [0, 0.05) is 9.50 Å². The van der Waals surface area contributed by atoms with E-state index in [0.29, 0.717) is 9.50 Å². The average molecular weight is 411 g/mol. The molecule has 0 fully saturated rings. The van der Waals surface area contributed by atoms with Crippen LogP contribution in [0.2, 0.25) is 5.02 Å². The first-order valence-electron chi connectivity index (χ1n) is 5.55. The van der Waals surface area contributed by atoms with Crippen LogP contribution < -0.4 is 4.31 Å². The van der Waals surface area contributed by atoms with Crippen LogP contribution in [0.3, 0.4) is 0 Å². The van der Waals surface area contributed by atoms with Gasteiger partial charge in [-0.25, -0.2) is 8.42 Å². The second-order valence-electron chi connectivity index (χ2n) is 3.94. The fourth-order valence-corrected chi connectivity index (χ4v) is 5.64. The highest BCUT2D eigenvalue weighted by atomic mass is 79.9. The van der Waals surface area contributed by atoms with Gasteiger partial charge in [-0.3, -0.25) is 9.10 Å². The topological polar surface area (TPSA) is 74.7 Å². The molecule has 0 amide bonds. The van der Waals surface area contributed by atoms with Crippen molar-refractivity contribution in [1.82, 2.24) is 0 Å².